The maximum absolute atomic E-state index is 12.3. The minimum Gasteiger partial charge on any atom is -0.297 e. The second-order valence-corrected chi connectivity index (χ2v) is 5.60. The number of hydrogen-bond donors (Lipinski definition) is 0. The van der Waals surface area contributed by atoms with Gasteiger partial charge in [-0.3, -0.25) is 14.2 Å². The Kier molecular flexibility index (Phi) is 2.24. The minimum absolute atomic E-state index is 0.0222. The Balaban J connectivity index is 2.36. The average molecular weight is 252 g/mol. The van der Waals surface area contributed by atoms with Crippen LogP contribution < -0.4 is 5.56 Å². The molecular weight excluding hydrogens is 238 g/mol. The number of carbonyl (C=O) groups is 1. The van der Waals surface area contributed by atoms with Gasteiger partial charge in [-0.05, 0) is 25.8 Å². The van der Waals surface area contributed by atoms with E-state index in [1.54, 1.807) is 17.6 Å². The molecule has 3 nitrogen and oxygen atoms in total. The van der Waals surface area contributed by atoms with Crippen LogP contribution in [0.5, 0.6) is 0 Å². The Morgan fingerprint density at radius 1 is 1.29 bits per heavy atom. The summed E-state index contributed by atoms with van der Waals surface area (Å²) in [5.74, 6) is 0.0222. The van der Waals surface area contributed by atoms with E-state index >= 15 is 0 Å². The molecule has 0 atom stereocenters. The van der Waals surface area contributed by atoms with Crippen LogP contribution in [-0.4, -0.2) is 10.4 Å². The number of aromatic nitrogens is 1. The quantitative estimate of drug-likeness (QED) is 0.711. The Morgan fingerprint density at radius 3 is 2.59 bits per heavy atom. The van der Waals surface area contributed by atoms with E-state index in [0.717, 1.165) is 25.7 Å². The van der Waals surface area contributed by atoms with Gasteiger partial charge in [0.05, 0.1) is 10.6 Å². The van der Waals surface area contributed by atoms with Crippen molar-refractivity contribution in [2.24, 2.45) is 0 Å². The van der Waals surface area contributed by atoms with E-state index in [9.17, 15) is 9.59 Å². The highest BCUT2D eigenvalue weighted by molar-refractivity contribution is 6.34. The third-order valence-electron chi connectivity index (χ3n) is 4.10. The summed E-state index contributed by atoms with van der Waals surface area (Å²) in [4.78, 5) is 24.3. The highest BCUT2D eigenvalue weighted by Crippen LogP contribution is 2.45. The van der Waals surface area contributed by atoms with Crippen LogP contribution in [0.3, 0.4) is 0 Å². The number of Topliss-reactive ketones (excluding diaryl/α,β-unsaturated/α-hetero) is 1. The predicted octanol–water partition coefficient (Wildman–Crippen LogP) is 2.67. The molecule has 4 heteroatoms. The van der Waals surface area contributed by atoms with Gasteiger partial charge in [-0.25, -0.2) is 0 Å². The number of nitrogens with zero attached hydrogens (tertiary/aromatic N) is 1. The zero-order chi connectivity index (χ0) is 12.2. The van der Waals surface area contributed by atoms with E-state index in [-0.39, 0.29) is 16.9 Å². The molecule has 0 amide bonds. The minimum atomic E-state index is -0.265. The lowest BCUT2D eigenvalue weighted by molar-refractivity contribution is 0.0971. The Labute approximate surface area is 104 Å². The lowest BCUT2D eigenvalue weighted by atomic mass is 9.94. The molecule has 0 aromatic carbocycles. The van der Waals surface area contributed by atoms with E-state index in [0.29, 0.717) is 22.7 Å². The molecule has 17 heavy (non-hydrogen) atoms. The Bertz CT molecular complexity index is 568. The summed E-state index contributed by atoms with van der Waals surface area (Å²) in [5.41, 5.74) is 0.750. The number of pyridine rings is 1. The van der Waals surface area contributed by atoms with Crippen molar-refractivity contribution in [1.82, 2.24) is 4.57 Å². The maximum atomic E-state index is 12.3. The van der Waals surface area contributed by atoms with Gasteiger partial charge in [0, 0.05) is 12.0 Å². The fraction of sp³-hybridized carbons (Fsp3) is 0.538. The number of carbonyl (C=O) groups excluding carboxylic acids is 1. The fourth-order valence-corrected chi connectivity index (χ4v) is 3.66. The van der Waals surface area contributed by atoms with Gasteiger partial charge in [0.15, 0.2) is 5.78 Å². The summed E-state index contributed by atoms with van der Waals surface area (Å²) in [6, 6.07) is 1.61. The van der Waals surface area contributed by atoms with E-state index in [2.05, 4.69) is 0 Å². The first-order valence-corrected chi connectivity index (χ1v) is 6.39. The number of halogens is 1. The molecular formula is C13H14ClNO2. The molecule has 0 bridgehead atoms. The molecule has 0 saturated heterocycles. The van der Waals surface area contributed by atoms with Crippen molar-refractivity contribution in [3.8, 4) is 0 Å². The molecule has 90 valence electrons. The van der Waals surface area contributed by atoms with Gasteiger partial charge in [0.2, 0.25) is 0 Å². The number of aryl methyl sites for hydroxylation is 1. The number of fused-ring (bicyclic) bond motifs is 2. The lowest BCUT2D eigenvalue weighted by Gasteiger charge is -2.26. The SMILES string of the molecule is Cc1cc(Cl)c2n(c1=O)C1(CCCC1)CC2=O. The van der Waals surface area contributed by atoms with Gasteiger partial charge >= 0.3 is 0 Å². The van der Waals surface area contributed by atoms with E-state index in [1.165, 1.54) is 0 Å². The second-order valence-electron chi connectivity index (χ2n) is 5.20. The van der Waals surface area contributed by atoms with Gasteiger partial charge in [-0.2, -0.15) is 0 Å². The molecule has 1 fully saturated rings. The zero-order valence-corrected chi connectivity index (χ0v) is 10.5. The molecule has 2 heterocycles. The molecule has 1 saturated carbocycles. The van der Waals surface area contributed by atoms with E-state index in [4.69, 9.17) is 11.6 Å². The van der Waals surface area contributed by atoms with Crippen molar-refractivity contribution in [3.63, 3.8) is 0 Å². The van der Waals surface area contributed by atoms with Crippen LogP contribution in [0.15, 0.2) is 10.9 Å². The summed E-state index contributed by atoms with van der Waals surface area (Å²) in [6.07, 6.45) is 4.47. The Morgan fingerprint density at radius 2 is 1.94 bits per heavy atom. The summed E-state index contributed by atoms with van der Waals surface area (Å²) < 4.78 is 1.69. The standard InChI is InChI=1S/C13H14ClNO2/c1-8-6-9(14)11-10(16)7-13(4-2-3-5-13)15(11)12(8)17/h6H,2-5,7H2,1H3. The molecule has 1 spiro atoms. The van der Waals surface area contributed by atoms with Crippen molar-refractivity contribution in [1.29, 1.82) is 0 Å². The fourth-order valence-electron chi connectivity index (χ4n) is 3.31. The smallest absolute Gasteiger partial charge is 0.254 e. The molecule has 0 N–H and O–H groups in total. The van der Waals surface area contributed by atoms with Crippen LogP contribution in [0.4, 0.5) is 0 Å². The summed E-state index contributed by atoms with van der Waals surface area (Å²) in [5, 5.41) is 0.427. The van der Waals surface area contributed by atoms with Gasteiger partial charge in [0.1, 0.15) is 5.69 Å². The lowest BCUT2D eigenvalue weighted by Crippen LogP contribution is -2.37. The van der Waals surface area contributed by atoms with Gasteiger partial charge in [-0.1, -0.05) is 24.4 Å². The second kappa shape index (κ2) is 3.45. The molecule has 1 aliphatic heterocycles. The molecule has 2 aliphatic rings. The maximum Gasteiger partial charge on any atom is 0.254 e. The molecule has 3 rings (SSSR count). The number of hydrogen-bond acceptors (Lipinski definition) is 2. The molecule has 1 aliphatic carbocycles. The van der Waals surface area contributed by atoms with Crippen LogP contribution in [0.1, 0.15) is 48.2 Å². The van der Waals surface area contributed by atoms with E-state index in [1.807, 2.05) is 0 Å². The topological polar surface area (TPSA) is 39.1 Å². The normalized spacial score (nSPS) is 21.2. The highest BCUT2D eigenvalue weighted by Gasteiger charge is 2.46. The monoisotopic (exact) mass is 251 g/mol. The molecule has 1 aromatic rings. The number of rotatable bonds is 0. The van der Waals surface area contributed by atoms with E-state index < -0.39 is 0 Å². The van der Waals surface area contributed by atoms with Crippen molar-refractivity contribution >= 4 is 17.4 Å². The summed E-state index contributed by atoms with van der Waals surface area (Å²) in [7, 11) is 0. The summed E-state index contributed by atoms with van der Waals surface area (Å²) >= 11 is 6.12. The van der Waals surface area contributed by atoms with Crippen LogP contribution in [0, 0.1) is 6.92 Å². The van der Waals surface area contributed by atoms with Crippen molar-refractivity contribution in [3.05, 3.63) is 32.7 Å². The van der Waals surface area contributed by atoms with Crippen LogP contribution >= 0.6 is 11.6 Å². The van der Waals surface area contributed by atoms with Crippen molar-refractivity contribution < 1.29 is 4.79 Å². The predicted molar refractivity (Wildman–Crippen MR) is 65.8 cm³/mol. The first kappa shape index (κ1) is 11.0. The molecule has 0 radical (unpaired) electrons. The third kappa shape index (κ3) is 1.35. The van der Waals surface area contributed by atoms with Crippen molar-refractivity contribution in [2.45, 2.75) is 44.6 Å². The van der Waals surface area contributed by atoms with Crippen LogP contribution in [-0.2, 0) is 5.54 Å². The van der Waals surface area contributed by atoms with Gasteiger partial charge < -0.3 is 0 Å². The van der Waals surface area contributed by atoms with Gasteiger partial charge in [-0.15, -0.1) is 0 Å². The number of ketones is 1. The first-order valence-electron chi connectivity index (χ1n) is 6.01. The first-order chi connectivity index (χ1) is 8.05. The summed E-state index contributed by atoms with van der Waals surface area (Å²) in [6.45, 7) is 1.76. The van der Waals surface area contributed by atoms with Crippen LogP contribution in [0.2, 0.25) is 5.02 Å². The zero-order valence-electron chi connectivity index (χ0n) is 9.75. The average Bonchev–Trinajstić information content (AvgIpc) is 2.82. The van der Waals surface area contributed by atoms with Crippen LogP contribution in [0.25, 0.3) is 0 Å². The molecule has 1 aromatic heterocycles. The van der Waals surface area contributed by atoms with Gasteiger partial charge in [0.25, 0.3) is 5.56 Å². The largest absolute Gasteiger partial charge is 0.297 e. The highest BCUT2D eigenvalue weighted by atomic mass is 35.5. The third-order valence-corrected chi connectivity index (χ3v) is 4.38. The Hall–Kier alpha value is -1.09. The van der Waals surface area contributed by atoms with Crippen molar-refractivity contribution in [2.75, 3.05) is 0 Å². The molecule has 0 unspecified atom stereocenters.